The molecular weight excluding hydrogens is 360 g/mol. The summed E-state index contributed by atoms with van der Waals surface area (Å²) in [5, 5.41) is 3.26. The van der Waals surface area contributed by atoms with Crippen molar-refractivity contribution in [3.8, 4) is 0 Å². The number of hydrogen-bond acceptors (Lipinski definition) is 6. The first-order valence-corrected chi connectivity index (χ1v) is 11.0. The maximum atomic E-state index is 11.8. The second kappa shape index (κ2) is 7.11. The van der Waals surface area contributed by atoms with E-state index in [1.165, 1.54) is 5.56 Å². The SMILES string of the molecule is Cc1cc(N(C)C2CCS(=O)(=O)C2)nc(Nc2ccc(C(C)(C)C)cc2)n1. The van der Waals surface area contributed by atoms with E-state index in [4.69, 9.17) is 0 Å². The van der Waals surface area contributed by atoms with Gasteiger partial charge in [-0.1, -0.05) is 32.9 Å². The molecule has 146 valence electrons. The third-order valence-corrected chi connectivity index (χ3v) is 6.72. The fraction of sp³-hybridized carbons (Fsp3) is 0.500. The van der Waals surface area contributed by atoms with Crippen LogP contribution in [0.3, 0.4) is 0 Å². The minimum atomic E-state index is -2.93. The Labute approximate surface area is 162 Å². The fourth-order valence-electron chi connectivity index (χ4n) is 3.24. The summed E-state index contributed by atoms with van der Waals surface area (Å²) < 4.78 is 23.6. The number of hydrogen-bond donors (Lipinski definition) is 1. The molecule has 1 aromatic heterocycles. The van der Waals surface area contributed by atoms with Gasteiger partial charge in [0, 0.05) is 30.5 Å². The van der Waals surface area contributed by atoms with Crippen LogP contribution in [0, 0.1) is 6.92 Å². The molecule has 1 atom stereocenters. The number of aromatic nitrogens is 2. The van der Waals surface area contributed by atoms with Crippen LogP contribution in [-0.2, 0) is 15.3 Å². The molecule has 0 saturated carbocycles. The molecule has 0 bridgehead atoms. The van der Waals surface area contributed by atoms with Crippen molar-refractivity contribution < 1.29 is 8.42 Å². The van der Waals surface area contributed by atoms with E-state index >= 15 is 0 Å². The third kappa shape index (κ3) is 4.77. The van der Waals surface area contributed by atoms with Crippen molar-refractivity contribution in [1.82, 2.24) is 9.97 Å². The van der Waals surface area contributed by atoms with Gasteiger partial charge in [0.15, 0.2) is 9.84 Å². The molecular formula is C20H28N4O2S. The second-order valence-corrected chi connectivity index (χ2v) is 10.5. The van der Waals surface area contributed by atoms with Gasteiger partial charge >= 0.3 is 0 Å². The van der Waals surface area contributed by atoms with Crippen LogP contribution >= 0.6 is 0 Å². The monoisotopic (exact) mass is 388 g/mol. The van der Waals surface area contributed by atoms with Gasteiger partial charge in [0.1, 0.15) is 5.82 Å². The van der Waals surface area contributed by atoms with Gasteiger partial charge in [-0.25, -0.2) is 13.4 Å². The third-order valence-electron chi connectivity index (χ3n) is 4.97. The number of rotatable bonds is 4. The van der Waals surface area contributed by atoms with Crippen molar-refractivity contribution in [3.05, 3.63) is 41.6 Å². The molecule has 2 aromatic rings. The Morgan fingerprint density at radius 2 is 1.81 bits per heavy atom. The summed E-state index contributed by atoms with van der Waals surface area (Å²) in [6, 6.07) is 10.1. The van der Waals surface area contributed by atoms with Gasteiger partial charge in [0.2, 0.25) is 5.95 Å². The topological polar surface area (TPSA) is 75.2 Å². The summed E-state index contributed by atoms with van der Waals surface area (Å²) in [7, 11) is -1.04. The molecule has 6 nitrogen and oxygen atoms in total. The number of sulfone groups is 1. The maximum Gasteiger partial charge on any atom is 0.229 e. The Hall–Kier alpha value is -2.15. The van der Waals surface area contributed by atoms with Crippen LogP contribution in [0.15, 0.2) is 30.3 Å². The lowest BCUT2D eigenvalue weighted by Gasteiger charge is -2.25. The van der Waals surface area contributed by atoms with E-state index in [0.717, 1.165) is 17.2 Å². The van der Waals surface area contributed by atoms with E-state index < -0.39 is 9.84 Å². The molecule has 1 fully saturated rings. The van der Waals surface area contributed by atoms with Crippen LogP contribution in [0.25, 0.3) is 0 Å². The molecule has 1 unspecified atom stereocenters. The zero-order valence-corrected chi connectivity index (χ0v) is 17.5. The molecule has 1 aliphatic rings. The Morgan fingerprint density at radius 1 is 1.15 bits per heavy atom. The van der Waals surface area contributed by atoms with E-state index in [1.54, 1.807) is 0 Å². The van der Waals surface area contributed by atoms with Gasteiger partial charge in [-0.2, -0.15) is 4.98 Å². The molecule has 1 aliphatic heterocycles. The number of benzene rings is 1. The molecule has 0 amide bonds. The average molecular weight is 389 g/mol. The number of aryl methyl sites for hydroxylation is 1. The Morgan fingerprint density at radius 3 is 2.37 bits per heavy atom. The zero-order valence-electron chi connectivity index (χ0n) is 16.7. The quantitative estimate of drug-likeness (QED) is 0.865. The first-order valence-electron chi connectivity index (χ1n) is 9.20. The molecule has 0 aliphatic carbocycles. The van der Waals surface area contributed by atoms with Crippen LogP contribution in [0.5, 0.6) is 0 Å². The van der Waals surface area contributed by atoms with Crippen molar-refractivity contribution >= 4 is 27.3 Å². The number of nitrogens with zero attached hydrogens (tertiary/aromatic N) is 3. The van der Waals surface area contributed by atoms with Crippen molar-refractivity contribution in [2.24, 2.45) is 0 Å². The lowest BCUT2D eigenvalue weighted by atomic mass is 9.87. The summed E-state index contributed by atoms with van der Waals surface area (Å²) in [6.07, 6.45) is 0.638. The van der Waals surface area contributed by atoms with Gasteiger partial charge < -0.3 is 10.2 Å². The highest BCUT2D eigenvalue weighted by Crippen LogP contribution is 2.26. The fourth-order valence-corrected chi connectivity index (χ4v) is 5.01. The van der Waals surface area contributed by atoms with Crippen LogP contribution < -0.4 is 10.2 Å². The van der Waals surface area contributed by atoms with E-state index in [9.17, 15) is 8.42 Å². The predicted molar refractivity (Wildman–Crippen MR) is 111 cm³/mol. The highest BCUT2D eigenvalue weighted by atomic mass is 32.2. The molecule has 1 saturated heterocycles. The standard InChI is InChI=1S/C20H28N4O2S/c1-14-12-18(24(5)17-10-11-27(25,26)13-17)23-19(21-14)22-16-8-6-15(7-9-16)20(2,3)4/h6-9,12,17H,10-11,13H2,1-5H3,(H,21,22,23). The maximum absolute atomic E-state index is 11.8. The van der Waals surface area contributed by atoms with Crippen LogP contribution in [0.4, 0.5) is 17.5 Å². The van der Waals surface area contributed by atoms with Gasteiger partial charge in [-0.15, -0.1) is 0 Å². The number of nitrogens with one attached hydrogen (secondary N) is 1. The lowest BCUT2D eigenvalue weighted by molar-refractivity contribution is 0.590. The van der Waals surface area contributed by atoms with Crippen LogP contribution in [0.1, 0.15) is 38.4 Å². The van der Waals surface area contributed by atoms with Crippen LogP contribution in [0.2, 0.25) is 0 Å². The summed E-state index contributed by atoms with van der Waals surface area (Å²) in [5.41, 5.74) is 3.13. The van der Waals surface area contributed by atoms with Crippen molar-refractivity contribution in [1.29, 1.82) is 0 Å². The van der Waals surface area contributed by atoms with E-state index in [2.05, 4.69) is 48.2 Å². The van der Waals surface area contributed by atoms with Gasteiger partial charge in [-0.3, -0.25) is 0 Å². The molecule has 1 N–H and O–H groups in total. The molecule has 2 heterocycles. The Balaban J connectivity index is 1.79. The average Bonchev–Trinajstić information content (AvgIpc) is 2.93. The van der Waals surface area contributed by atoms with Crippen molar-refractivity contribution in [3.63, 3.8) is 0 Å². The molecule has 3 rings (SSSR count). The lowest BCUT2D eigenvalue weighted by Crippen LogP contribution is -2.33. The molecule has 0 radical (unpaired) electrons. The van der Waals surface area contributed by atoms with Gasteiger partial charge in [0.25, 0.3) is 0 Å². The summed E-state index contributed by atoms with van der Waals surface area (Å²) >= 11 is 0. The first-order chi connectivity index (χ1) is 12.5. The second-order valence-electron chi connectivity index (χ2n) is 8.31. The molecule has 0 spiro atoms. The van der Waals surface area contributed by atoms with Gasteiger partial charge in [-0.05, 0) is 36.5 Å². The first kappa shape index (κ1) is 19.6. The van der Waals surface area contributed by atoms with E-state index in [0.29, 0.717) is 12.4 Å². The minimum Gasteiger partial charge on any atom is -0.355 e. The zero-order chi connectivity index (χ0) is 19.8. The minimum absolute atomic E-state index is 0.0387. The Bertz CT molecular complexity index is 918. The molecule has 7 heteroatoms. The van der Waals surface area contributed by atoms with Crippen molar-refractivity contribution in [2.45, 2.75) is 45.6 Å². The molecule has 1 aromatic carbocycles. The summed E-state index contributed by atoms with van der Waals surface area (Å²) in [6.45, 7) is 8.47. The van der Waals surface area contributed by atoms with Gasteiger partial charge in [0.05, 0.1) is 11.5 Å². The highest BCUT2D eigenvalue weighted by molar-refractivity contribution is 7.91. The van der Waals surface area contributed by atoms with E-state index in [-0.39, 0.29) is 23.0 Å². The van der Waals surface area contributed by atoms with Crippen LogP contribution in [-0.4, -0.2) is 43.0 Å². The molecule has 27 heavy (non-hydrogen) atoms. The normalized spacial score (nSPS) is 19.1. The number of anilines is 3. The van der Waals surface area contributed by atoms with Crippen molar-refractivity contribution in [2.75, 3.05) is 28.8 Å². The largest absolute Gasteiger partial charge is 0.355 e. The predicted octanol–water partition coefficient (Wildman–Crippen LogP) is 3.45. The highest BCUT2D eigenvalue weighted by Gasteiger charge is 2.31. The van der Waals surface area contributed by atoms with E-state index in [1.807, 2.05) is 37.1 Å². The smallest absolute Gasteiger partial charge is 0.229 e. The summed E-state index contributed by atoms with van der Waals surface area (Å²) in [5.74, 6) is 1.68. The summed E-state index contributed by atoms with van der Waals surface area (Å²) in [4.78, 5) is 11.0. The Kier molecular flexibility index (Phi) is 5.16.